The number of carbonyl (C=O) groups is 1. The fourth-order valence-electron chi connectivity index (χ4n) is 2.61. The Balaban J connectivity index is 1.98. The lowest BCUT2D eigenvalue weighted by Gasteiger charge is -2.24. The minimum atomic E-state index is -0.745. The number of rotatable bonds is 3. The van der Waals surface area contributed by atoms with Gasteiger partial charge in [-0.1, -0.05) is 18.2 Å². The fraction of sp³-hybridized carbons (Fsp3) is 0.333. The van der Waals surface area contributed by atoms with Gasteiger partial charge < -0.3 is 5.11 Å². The molecule has 1 aromatic carbocycles. The number of aliphatic carboxylic acids is 1. The van der Waals surface area contributed by atoms with Crippen molar-refractivity contribution >= 4 is 28.6 Å². The van der Waals surface area contributed by atoms with Gasteiger partial charge in [0.15, 0.2) is 0 Å². The highest BCUT2D eigenvalue weighted by molar-refractivity contribution is 8.00. The molecule has 2 aromatic rings. The lowest BCUT2D eigenvalue weighted by Crippen LogP contribution is -2.11. The summed E-state index contributed by atoms with van der Waals surface area (Å²) < 4.78 is 0. The smallest absolute Gasteiger partial charge is 0.313 e. The Kier molecular flexibility index (Phi) is 3.42. The molecule has 4 heteroatoms. The van der Waals surface area contributed by atoms with Gasteiger partial charge in [0.2, 0.25) is 0 Å². The topological polar surface area (TPSA) is 50.2 Å². The average Bonchev–Trinajstić information content (AvgIpc) is 2.42. The Morgan fingerprint density at radius 2 is 2.26 bits per heavy atom. The molecule has 1 N–H and O–H groups in total. The first-order valence-corrected chi connectivity index (χ1v) is 7.51. The third kappa shape index (κ3) is 2.59. The zero-order valence-corrected chi connectivity index (χ0v) is 11.3. The molecule has 3 nitrogen and oxygen atoms in total. The van der Waals surface area contributed by atoms with Crippen LogP contribution in [0.5, 0.6) is 0 Å². The quantitative estimate of drug-likeness (QED) is 0.930. The van der Waals surface area contributed by atoms with E-state index in [1.54, 1.807) is 0 Å². The average molecular weight is 273 g/mol. The van der Waals surface area contributed by atoms with Crippen LogP contribution in [-0.4, -0.2) is 21.8 Å². The van der Waals surface area contributed by atoms with Crippen LogP contribution in [0.1, 0.15) is 29.3 Å². The number of thioether (sulfide) groups is 1. The van der Waals surface area contributed by atoms with Gasteiger partial charge in [-0.3, -0.25) is 9.78 Å². The number of pyridine rings is 1. The van der Waals surface area contributed by atoms with E-state index in [0.29, 0.717) is 0 Å². The molecule has 0 radical (unpaired) electrons. The van der Waals surface area contributed by atoms with Crippen molar-refractivity contribution in [3.8, 4) is 0 Å². The second kappa shape index (κ2) is 5.21. The summed E-state index contributed by atoms with van der Waals surface area (Å²) in [6, 6.07) is 10.3. The van der Waals surface area contributed by atoms with Crippen LogP contribution in [0.2, 0.25) is 0 Å². The van der Waals surface area contributed by atoms with Crippen molar-refractivity contribution in [2.45, 2.75) is 24.5 Å². The van der Waals surface area contributed by atoms with Crippen LogP contribution in [0.15, 0.2) is 30.3 Å². The van der Waals surface area contributed by atoms with Gasteiger partial charge >= 0.3 is 5.97 Å². The van der Waals surface area contributed by atoms with E-state index in [1.165, 1.54) is 17.3 Å². The Hall–Kier alpha value is -1.55. The van der Waals surface area contributed by atoms with E-state index < -0.39 is 5.97 Å². The maximum absolute atomic E-state index is 10.7. The minimum absolute atomic E-state index is 0.164. The summed E-state index contributed by atoms with van der Waals surface area (Å²) in [5, 5.41) is 10.2. The third-order valence-corrected chi connectivity index (χ3v) is 4.78. The van der Waals surface area contributed by atoms with Crippen molar-refractivity contribution in [3.05, 3.63) is 41.6 Å². The molecule has 0 saturated carbocycles. The number of aromatic nitrogens is 1. The Bertz CT molecular complexity index is 627. The number of benzene rings is 1. The van der Waals surface area contributed by atoms with Crippen LogP contribution in [-0.2, 0) is 11.2 Å². The standard InChI is InChI=1S/C15H15NO2S/c17-15(18)9-19-14-7-3-6-13-11(14)8-10-4-1-2-5-12(10)16-13/h1-2,4-5,8,14H,3,6-7,9H2,(H,17,18). The van der Waals surface area contributed by atoms with Crippen LogP contribution in [0.4, 0.5) is 0 Å². The lowest BCUT2D eigenvalue weighted by atomic mass is 9.94. The first-order chi connectivity index (χ1) is 9.24. The van der Waals surface area contributed by atoms with Crippen LogP contribution in [0.3, 0.4) is 0 Å². The van der Waals surface area contributed by atoms with E-state index in [2.05, 4.69) is 12.1 Å². The monoisotopic (exact) mass is 273 g/mol. The van der Waals surface area contributed by atoms with Crippen LogP contribution >= 0.6 is 11.8 Å². The molecule has 0 saturated heterocycles. The predicted molar refractivity (Wildman–Crippen MR) is 77.5 cm³/mol. The summed E-state index contributed by atoms with van der Waals surface area (Å²) >= 11 is 1.52. The maximum Gasteiger partial charge on any atom is 0.313 e. The lowest BCUT2D eigenvalue weighted by molar-refractivity contribution is -0.133. The molecule has 0 aliphatic heterocycles. The van der Waals surface area contributed by atoms with Gasteiger partial charge in [0.1, 0.15) is 0 Å². The van der Waals surface area contributed by atoms with Crippen LogP contribution in [0, 0.1) is 0 Å². The first kappa shape index (κ1) is 12.5. The number of para-hydroxylation sites is 1. The molecule has 98 valence electrons. The van der Waals surface area contributed by atoms with Gasteiger partial charge in [-0.25, -0.2) is 0 Å². The summed E-state index contributed by atoms with van der Waals surface area (Å²) in [6.45, 7) is 0. The van der Waals surface area contributed by atoms with Crippen molar-refractivity contribution in [3.63, 3.8) is 0 Å². The van der Waals surface area contributed by atoms with Crippen LogP contribution < -0.4 is 0 Å². The second-order valence-corrected chi connectivity index (χ2v) is 5.99. The molecule has 0 bridgehead atoms. The van der Waals surface area contributed by atoms with Gasteiger partial charge in [0.25, 0.3) is 0 Å². The summed E-state index contributed by atoms with van der Waals surface area (Å²) in [4.78, 5) is 15.5. The summed E-state index contributed by atoms with van der Waals surface area (Å²) in [5.74, 6) is -0.581. The number of carboxylic acid groups (broad SMARTS) is 1. The Labute approximate surface area is 116 Å². The molecule has 1 aromatic heterocycles. The highest BCUT2D eigenvalue weighted by Crippen LogP contribution is 2.40. The maximum atomic E-state index is 10.7. The molecule has 1 aliphatic rings. The van der Waals surface area contributed by atoms with Crippen molar-refractivity contribution in [1.29, 1.82) is 0 Å². The minimum Gasteiger partial charge on any atom is -0.481 e. The molecule has 0 fully saturated rings. The fourth-order valence-corrected chi connectivity index (χ4v) is 3.67. The predicted octanol–water partition coefficient (Wildman–Crippen LogP) is 3.43. The van der Waals surface area contributed by atoms with Gasteiger partial charge in [0.05, 0.1) is 11.3 Å². The van der Waals surface area contributed by atoms with Crippen molar-refractivity contribution in [1.82, 2.24) is 4.98 Å². The van der Waals surface area contributed by atoms with E-state index in [-0.39, 0.29) is 11.0 Å². The molecule has 3 rings (SSSR count). The van der Waals surface area contributed by atoms with E-state index in [4.69, 9.17) is 10.1 Å². The van der Waals surface area contributed by atoms with Gasteiger partial charge in [0, 0.05) is 16.3 Å². The molecule has 0 spiro atoms. The zero-order chi connectivity index (χ0) is 13.2. The molecule has 19 heavy (non-hydrogen) atoms. The number of hydrogen-bond donors (Lipinski definition) is 1. The van der Waals surface area contributed by atoms with Crippen molar-refractivity contribution in [2.75, 3.05) is 5.75 Å². The normalized spacial score (nSPS) is 18.2. The molecule has 0 amide bonds. The van der Waals surface area contributed by atoms with Gasteiger partial charge in [-0.15, -0.1) is 11.8 Å². The number of carboxylic acids is 1. The molecule has 1 unspecified atom stereocenters. The molecule has 1 heterocycles. The summed E-state index contributed by atoms with van der Waals surface area (Å²) in [6.07, 6.45) is 3.14. The molecule has 1 atom stereocenters. The number of hydrogen-bond acceptors (Lipinski definition) is 3. The van der Waals surface area contributed by atoms with E-state index in [9.17, 15) is 4.79 Å². The van der Waals surface area contributed by atoms with Gasteiger partial charge in [-0.05, 0) is 37.0 Å². The van der Waals surface area contributed by atoms with E-state index >= 15 is 0 Å². The highest BCUT2D eigenvalue weighted by atomic mass is 32.2. The number of fused-ring (bicyclic) bond motifs is 2. The van der Waals surface area contributed by atoms with Crippen LogP contribution in [0.25, 0.3) is 10.9 Å². The molecular weight excluding hydrogens is 258 g/mol. The zero-order valence-electron chi connectivity index (χ0n) is 10.5. The second-order valence-electron chi connectivity index (χ2n) is 4.80. The van der Waals surface area contributed by atoms with Crippen molar-refractivity contribution < 1.29 is 9.90 Å². The SMILES string of the molecule is O=C(O)CSC1CCCc2nc3ccccc3cc21. The largest absolute Gasteiger partial charge is 0.481 e. The third-order valence-electron chi connectivity index (χ3n) is 3.47. The Morgan fingerprint density at radius 3 is 3.11 bits per heavy atom. The van der Waals surface area contributed by atoms with E-state index in [1.807, 2.05) is 18.2 Å². The number of aryl methyl sites for hydroxylation is 1. The molecule has 1 aliphatic carbocycles. The number of nitrogens with zero attached hydrogens (tertiary/aromatic N) is 1. The van der Waals surface area contributed by atoms with Crippen molar-refractivity contribution in [2.24, 2.45) is 0 Å². The highest BCUT2D eigenvalue weighted by Gasteiger charge is 2.22. The molecular formula is C15H15NO2S. The van der Waals surface area contributed by atoms with Gasteiger partial charge in [-0.2, -0.15) is 0 Å². The Morgan fingerprint density at radius 1 is 1.42 bits per heavy atom. The van der Waals surface area contributed by atoms with E-state index in [0.717, 1.165) is 35.9 Å². The summed E-state index contributed by atoms with van der Waals surface area (Å²) in [5.41, 5.74) is 3.41. The first-order valence-electron chi connectivity index (χ1n) is 6.46. The summed E-state index contributed by atoms with van der Waals surface area (Å²) in [7, 11) is 0.